The summed E-state index contributed by atoms with van der Waals surface area (Å²) in [6, 6.07) is 8.18. The van der Waals surface area contributed by atoms with E-state index in [1.165, 1.54) is 14.7 Å². The molecule has 0 atom stereocenters. The third kappa shape index (κ3) is 3.72. The molecule has 0 bridgehead atoms. The van der Waals surface area contributed by atoms with Gasteiger partial charge in [-0.15, -0.1) is 0 Å². The van der Waals surface area contributed by atoms with Crippen LogP contribution >= 0.6 is 22.6 Å². The van der Waals surface area contributed by atoms with E-state index < -0.39 is 0 Å². The minimum atomic E-state index is 1.17. The summed E-state index contributed by atoms with van der Waals surface area (Å²) in [4.78, 5) is 4.21. The Labute approximate surface area is 92.7 Å². The molecule has 0 N–H and O–H groups in total. The molecule has 0 aliphatic carbocycles. The minimum absolute atomic E-state index is 1.17. The number of benzene rings is 1. The van der Waals surface area contributed by atoms with Gasteiger partial charge >= 0.3 is 0 Å². The number of rotatable bonds is 2. The van der Waals surface area contributed by atoms with E-state index in [1.807, 2.05) is 38.4 Å². The predicted molar refractivity (Wildman–Crippen MR) is 66.2 cm³/mol. The predicted octanol–water partition coefficient (Wildman–Crippen LogP) is 3.63. The molecule has 0 saturated heterocycles. The third-order valence-corrected chi connectivity index (χ3v) is 2.43. The molecule has 1 aromatic carbocycles. The van der Waals surface area contributed by atoms with Crippen LogP contribution in [0.4, 0.5) is 0 Å². The Bertz CT molecular complexity index is 336. The summed E-state index contributed by atoms with van der Waals surface area (Å²) in [6.07, 6.45) is 3.75. The van der Waals surface area contributed by atoms with Gasteiger partial charge in [-0.05, 0) is 42.5 Å². The van der Waals surface area contributed by atoms with E-state index in [2.05, 4.69) is 39.7 Å². The first-order valence-electron chi connectivity index (χ1n) is 4.11. The summed E-state index contributed by atoms with van der Waals surface area (Å²) in [5.41, 5.74) is 2.38. The Hall–Kier alpha value is -0.640. The monoisotopic (exact) mass is 285 g/mol. The van der Waals surface area contributed by atoms with Crippen molar-refractivity contribution in [1.29, 1.82) is 0 Å². The van der Waals surface area contributed by atoms with Crippen LogP contribution in [-0.4, -0.2) is 6.21 Å². The van der Waals surface area contributed by atoms with Gasteiger partial charge in [0.1, 0.15) is 0 Å². The Morgan fingerprint density at radius 3 is 2.62 bits per heavy atom. The van der Waals surface area contributed by atoms with Crippen LogP contribution in [0.25, 0.3) is 0 Å². The van der Waals surface area contributed by atoms with Crippen LogP contribution in [0.3, 0.4) is 0 Å². The van der Waals surface area contributed by atoms with E-state index in [0.29, 0.717) is 0 Å². The first-order valence-corrected chi connectivity index (χ1v) is 5.19. The fourth-order valence-corrected chi connectivity index (χ4v) is 1.37. The van der Waals surface area contributed by atoms with E-state index in [1.54, 1.807) is 0 Å². The van der Waals surface area contributed by atoms with Gasteiger partial charge in [-0.25, -0.2) is 0 Å². The molecule has 68 valence electrons. The highest BCUT2D eigenvalue weighted by Gasteiger charge is 1.91. The fraction of sp³-hybridized carbons (Fsp3) is 0.182. The summed E-state index contributed by atoms with van der Waals surface area (Å²) in [7, 11) is 0. The molecular weight excluding hydrogens is 273 g/mol. The summed E-state index contributed by atoms with van der Waals surface area (Å²) in [6.45, 7) is 4.07. The van der Waals surface area contributed by atoms with Crippen LogP contribution in [0.5, 0.6) is 0 Å². The van der Waals surface area contributed by atoms with Crippen molar-refractivity contribution in [3.63, 3.8) is 0 Å². The molecule has 0 fully saturated rings. The van der Waals surface area contributed by atoms with Crippen molar-refractivity contribution in [3.8, 4) is 0 Å². The maximum absolute atomic E-state index is 4.21. The highest BCUT2D eigenvalue weighted by Crippen LogP contribution is 2.08. The largest absolute Gasteiger partial charge is 0.264 e. The van der Waals surface area contributed by atoms with E-state index in [-0.39, 0.29) is 0 Å². The van der Waals surface area contributed by atoms with Crippen LogP contribution in [0.2, 0.25) is 0 Å². The summed E-state index contributed by atoms with van der Waals surface area (Å²) >= 11 is 2.31. The molecule has 1 aromatic rings. The van der Waals surface area contributed by atoms with Gasteiger partial charge in [-0.3, -0.25) is 4.99 Å². The average Bonchev–Trinajstić information content (AvgIpc) is 2.08. The zero-order chi connectivity index (χ0) is 9.68. The molecule has 0 spiro atoms. The maximum Gasteiger partial charge on any atom is 0.0350 e. The summed E-state index contributed by atoms with van der Waals surface area (Å²) in [5, 5.41) is 0. The molecule has 0 heterocycles. The topological polar surface area (TPSA) is 12.4 Å². The van der Waals surface area contributed by atoms with Crippen LogP contribution in [0.15, 0.2) is 41.0 Å². The van der Waals surface area contributed by atoms with Crippen molar-refractivity contribution in [2.75, 3.05) is 0 Å². The Morgan fingerprint density at radius 2 is 2.00 bits per heavy atom. The van der Waals surface area contributed by atoms with Gasteiger partial charge in [0.05, 0.1) is 0 Å². The normalized spacial score (nSPS) is 10.4. The lowest BCUT2D eigenvalue weighted by molar-refractivity contribution is 1.34. The van der Waals surface area contributed by atoms with Crippen LogP contribution in [0.1, 0.15) is 19.4 Å². The summed E-state index contributed by atoms with van der Waals surface area (Å²) in [5.74, 6) is 0. The van der Waals surface area contributed by atoms with Gasteiger partial charge < -0.3 is 0 Å². The smallest absolute Gasteiger partial charge is 0.0350 e. The zero-order valence-electron chi connectivity index (χ0n) is 7.79. The van der Waals surface area contributed by atoms with Crippen molar-refractivity contribution in [3.05, 3.63) is 45.2 Å². The Kier molecular flexibility index (Phi) is 4.15. The van der Waals surface area contributed by atoms with Gasteiger partial charge in [0.25, 0.3) is 0 Å². The van der Waals surface area contributed by atoms with Crippen LogP contribution in [0, 0.1) is 3.57 Å². The van der Waals surface area contributed by atoms with Gasteiger partial charge in [-0.2, -0.15) is 0 Å². The molecule has 1 nitrogen and oxygen atoms in total. The van der Waals surface area contributed by atoms with Crippen molar-refractivity contribution in [2.45, 2.75) is 13.8 Å². The van der Waals surface area contributed by atoms with Crippen LogP contribution < -0.4 is 0 Å². The molecule has 0 radical (unpaired) electrons. The second kappa shape index (κ2) is 5.17. The molecule has 0 aromatic heterocycles. The average molecular weight is 285 g/mol. The molecule has 1 rings (SSSR count). The molecule has 0 aliphatic heterocycles. The van der Waals surface area contributed by atoms with E-state index in [9.17, 15) is 0 Å². The summed E-state index contributed by atoms with van der Waals surface area (Å²) < 4.78 is 1.23. The van der Waals surface area contributed by atoms with Crippen molar-refractivity contribution < 1.29 is 0 Å². The Balaban J connectivity index is 2.80. The van der Waals surface area contributed by atoms with Crippen LogP contribution in [-0.2, 0) is 0 Å². The van der Waals surface area contributed by atoms with Crippen molar-refractivity contribution in [1.82, 2.24) is 0 Å². The number of nitrogens with zero attached hydrogens (tertiary/aromatic N) is 1. The van der Waals surface area contributed by atoms with E-state index in [4.69, 9.17) is 0 Å². The number of allylic oxidation sites excluding steroid dienone is 1. The lowest BCUT2D eigenvalue weighted by Crippen LogP contribution is -1.84. The van der Waals surface area contributed by atoms with Crippen molar-refractivity contribution in [2.24, 2.45) is 4.99 Å². The number of hydrogen-bond donors (Lipinski definition) is 0. The molecule has 0 aliphatic rings. The number of hydrogen-bond acceptors (Lipinski definition) is 1. The second-order valence-electron chi connectivity index (χ2n) is 3.01. The first-order chi connectivity index (χ1) is 6.20. The number of aliphatic imine (C=N–C) groups is 1. The molecular formula is C11H12IN. The van der Waals surface area contributed by atoms with E-state index >= 15 is 0 Å². The van der Waals surface area contributed by atoms with Gasteiger partial charge in [0.15, 0.2) is 0 Å². The zero-order valence-corrected chi connectivity index (χ0v) is 9.95. The first kappa shape index (κ1) is 10.4. The number of halogens is 1. The lowest BCUT2D eigenvalue weighted by atomic mass is 10.2. The quantitative estimate of drug-likeness (QED) is 0.581. The van der Waals surface area contributed by atoms with E-state index in [0.717, 1.165) is 0 Å². The standard InChI is InChI=1S/C11H12IN/c1-9(2)7-13-8-10-5-3-4-6-11(10)12/h3-8H,1-2H3. The Morgan fingerprint density at radius 1 is 1.31 bits per heavy atom. The lowest BCUT2D eigenvalue weighted by Gasteiger charge is -1.94. The maximum atomic E-state index is 4.21. The second-order valence-corrected chi connectivity index (χ2v) is 4.17. The fourth-order valence-electron chi connectivity index (χ4n) is 0.846. The molecule has 13 heavy (non-hydrogen) atoms. The highest BCUT2D eigenvalue weighted by atomic mass is 127. The third-order valence-electron chi connectivity index (χ3n) is 1.45. The molecule has 0 unspecified atom stereocenters. The SMILES string of the molecule is CC(C)=CN=Cc1ccccc1I. The van der Waals surface area contributed by atoms with Gasteiger partial charge in [0.2, 0.25) is 0 Å². The molecule has 0 amide bonds. The molecule has 2 heteroatoms. The van der Waals surface area contributed by atoms with Gasteiger partial charge in [0, 0.05) is 21.5 Å². The highest BCUT2D eigenvalue weighted by molar-refractivity contribution is 14.1. The molecule has 0 saturated carbocycles. The minimum Gasteiger partial charge on any atom is -0.264 e. The van der Waals surface area contributed by atoms with Gasteiger partial charge in [-0.1, -0.05) is 23.8 Å². The van der Waals surface area contributed by atoms with Crippen molar-refractivity contribution >= 4 is 28.8 Å².